The minimum absolute atomic E-state index is 0.0315. The Morgan fingerprint density at radius 1 is 1.21 bits per heavy atom. The van der Waals surface area contributed by atoms with Gasteiger partial charge in [0.05, 0.1) is 5.56 Å². The molecule has 4 nitrogen and oxygen atoms in total. The summed E-state index contributed by atoms with van der Waals surface area (Å²) >= 11 is 0. The maximum atomic E-state index is 12.7. The van der Waals surface area contributed by atoms with E-state index < -0.39 is 17.8 Å². The highest BCUT2D eigenvalue weighted by molar-refractivity contribution is 5.73. The fourth-order valence-electron chi connectivity index (χ4n) is 1.49. The van der Waals surface area contributed by atoms with Crippen LogP contribution < -0.4 is 16.4 Å². The van der Waals surface area contributed by atoms with Gasteiger partial charge < -0.3 is 16.4 Å². The Morgan fingerprint density at radius 2 is 1.89 bits per heavy atom. The third-order valence-electron chi connectivity index (χ3n) is 2.43. The summed E-state index contributed by atoms with van der Waals surface area (Å²) in [6.45, 7) is 0.657. The fraction of sp³-hybridized carbons (Fsp3) is 0.417. The zero-order valence-corrected chi connectivity index (χ0v) is 10.3. The highest BCUT2D eigenvalue weighted by atomic mass is 19.4. The van der Waals surface area contributed by atoms with E-state index >= 15 is 0 Å². The van der Waals surface area contributed by atoms with Crippen molar-refractivity contribution < 1.29 is 18.0 Å². The lowest BCUT2D eigenvalue weighted by Gasteiger charge is -2.13. The summed E-state index contributed by atoms with van der Waals surface area (Å²) in [5.74, 6) is 0. The molecule has 1 rings (SSSR count). The first kappa shape index (κ1) is 15.3. The number of amides is 2. The zero-order chi connectivity index (χ0) is 14.3. The summed E-state index contributed by atoms with van der Waals surface area (Å²) in [7, 11) is 0. The minimum atomic E-state index is -4.42. The number of nitrogens with one attached hydrogen (secondary N) is 2. The molecule has 0 aliphatic rings. The predicted octanol–water partition coefficient (Wildman–Crippen LogP) is 1.85. The van der Waals surface area contributed by atoms with Crippen molar-refractivity contribution in [2.24, 2.45) is 5.73 Å². The smallest absolute Gasteiger partial charge is 0.338 e. The molecule has 0 aliphatic heterocycles. The number of carbonyl (C=O) groups is 1. The highest BCUT2D eigenvalue weighted by Crippen LogP contribution is 2.31. The third-order valence-corrected chi connectivity index (χ3v) is 2.43. The van der Waals surface area contributed by atoms with E-state index in [1.807, 2.05) is 0 Å². The number of rotatable bonds is 5. The summed E-state index contributed by atoms with van der Waals surface area (Å²) in [6, 6.07) is 4.63. The van der Waals surface area contributed by atoms with Gasteiger partial charge in [-0.3, -0.25) is 0 Å². The maximum absolute atomic E-state index is 12.7. The largest absolute Gasteiger partial charge is 0.416 e. The first-order valence-electron chi connectivity index (χ1n) is 5.82. The van der Waals surface area contributed by atoms with Crippen molar-refractivity contribution in [1.82, 2.24) is 10.6 Å². The van der Waals surface area contributed by atoms with Crippen LogP contribution in [0.4, 0.5) is 18.0 Å². The van der Waals surface area contributed by atoms with Crippen LogP contribution in [0, 0.1) is 0 Å². The van der Waals surface area contributed by atoms with Gasteiger partial charge in [0, 0.05) is 13.1 Å². The van der Waals surface area contributed by atoms with E-state index in [4.69, 9.17) is 5.73 Å². The molecule has 0 fully saturated rings. The number of urea groups is 1. The summed E-state index contributed by atoms with van der Waals surface area (Å²) in [5, 5.41) is 4.88. The SMILES string of the molecule is NCCCNC(=O)NCc1ccccc1C(F)(F)F. The molecule has 1 aromatic carbocycles. The molecular weight excluding hydrogens is 259 g/mol. The molecule has 0 radical (unpaired) electrons. The lowest BCUT2D eigenvalue weighted by atomic mass is 10.1. The molecule has 106 valence electrons. The lowest BCUT2D eigenvalue weighted by Crippen LogP contribution is -2.36. The predicted molar refractivity (Wildman–Crippen MR) is 65.4 cm³/mol. The molecule has 19 heavy (non-hydrogen) atoms. The molecule has 2 amide bonds. The average molecular weight is 275 g/mol. The Balaban J connectivity index is 2.56. The molecule has 0 saturated carbocycles. The van der Waals surface area contributed by atoms with Gasteiger partial charge in [-0.05, 0) is 24.6 Å². The molecule has 0 atom stereocenters. The van der Waals surface area contributed by atoms with E-state index in [0.29, 0.717) is 19.5 Å². The van der Waals surface area contributed by atoms with E-state index in [1.165, 1.54) is 18.2 Å². The van der Waals surface area contributed by atoms with Gasteiger partial charge in [0.1, 0.15) is 0 Å². The van der Waals surface area contributed by atoms with Gasteiger partial charge in [-0.15, -0.1) is 0 Å². The van der Waals surface area contributed by atoms with Gasteiger partial charge in [0.25, 0.3) is 0 Å². The van der Waals surface area contributed by atoms with Gasteiger partial charge in [-0.25, -0.2) is 4.79 Å². The Labute approximate surface area is 109 Å². The van der Waals surface area contributed by atoms with Crippen molar-refractivity contribution in [2.45, 2.75) is 19.1 Å². The molecule has 0 saturated heterocycles. The molecule has 0 heterocycles. The minimum Gasteiger partial charge on any atom is -0.338 e. The van der Waals surface area contributed by atoms with Gasteiger partial charge >= 0.3 is 12.2 Å². The summed E-state index contributed by atoms with van der Waals surface area (Å²) < 4.78 is 38.0. The van der Waals surface area contributed by atoms with Crippen LogP contribution >= 0.6 is 0 Å². The number of alkyl halides is 3. The Kier molecular flexibility index (Phi) is 5.62. The van der Waals surface area contributed by atoms with Gasteiger partial charge in [0.2, 0.25) is 0 Å². The summed E-state index contributed by atoms with van der Waals surface area (Å²) in [6.07, 6.45) is -3.80. The van der Waals surface area contributed by atoms with Crippen LogP contribution in [-0.2, 0) is 12.7 Å². The number of carbonyl (C=O) groups excluding carboxylic acids is 1. The average Bonchev–Trinajstić information content (AvgIpc) is 2.36. The molecule has 0 aromatic heterocycles. The van der Waals surface area contributed by atoms with Gasteiger partial charge in [-0.2, -0.15) is 13.2 Å². The first-order chi connectivity index (χ1) is 8.95. The monoisotopic (exact) mass is 275 g/mol. The van der Waals surface area contributed by atoms with E-state index in [-0.39, 0.29) is 12.1 Å². The van der Waals surface area contributed by atoms with Crippen LogP contribution in [0.1, 0.15) is 17.5 Å². The van der Waals surface area contributed by atoms with Crippen molar-refractivity contribution in [3.63, 3.8) is 0 Å². The molecule has 0 spiro atoms. The van der Waals surface area contributed by atoms with E-state index in [2.05, 4.69) is 10.6 Å². The Bertz CT molecular complexity index is 421. The number of nitrogens with two attached hydrogens (primary N) is 1. The van der Waals surface area contributed by atoms with E-state index in [0.717, 1.165) is 6.07 Å². The quantitative estimate of drug-likeness (QED) is 0.718. The van der Waals surface area contributed by atoms with Crippen molar-refractivity contribution in [3.8, 4) is 0 Å². The normalized spacial score (nSPS) is 11.2. The second kappa shape index (κ2) is 6.98. The topological polar surface area (TPSA) is 67.1 Å². The standard InChI is InChI=1S/C12H16F3N3O/c13-12(14,15)10-5-2-1-4-9(10)8-18-11(19)17-7-3-6-16/h1-2,4-5H,3,6-8,16H2,(H2,17,18,19). The van der Waals surface area contributed by atoms with Crippen LogP contribution in [0.5, 0.6) is 0 Å². The highest BCUT2D eigenvalue weighted by Gasteiger charge is 2.32. The van der Waals surface area contributed by atoms with Crippen molar-refractivity contribution in [3.05, 3.63) is 35.4 Å². The van der Waals surface area contributed by atoms with Crippen LogP contribution in [0.2, 0.25) is 0 Å². The molecule has 1 aromatic rings. The molecule has 7 heteroatoms. The van der Waals surface area contributed by atoms with E-state index in [9.17, 15) is 18.0 Å². The van der Waals surface area contributed by atoms with Crippen molar-refractivity contribution >= 4 is 6.03 Å². The van der Waals surface area contributed by atoms with Crippen LogP contribution in [-0.4, -0.2) is 19.1 Å². The number of hydrogen-bond acceptors (Lipinski definition) is 2. The van der Waals surface area contributed by atoms with Crippen molar-refractivity contribution in [1.29, 1.82) is 0 Å². The van der Waals surface area contributed by atoms with Crippen LogP contribution in [0.15, 0.2) is 24.3 Å². The molecule has 0 aliphatic carbocycles. The third kappa shape index (κ3) is 5.17. The molecular formula is C12H16F3N3O. The Morgan fingerprint density at radius 3 is 2.53 bits per heavy atom. The molecule has 0 unspecified atom stereocenters. The second-order valence-electron chi connectivity index (χ2n) is 3.91. The molecule has 4 N–H and O–H groups in total. The summed E-state index contributed by atoms with van der Waals surface area (Å²) in [5.41, 5.74) is 4.54. The van der Waals surface area contributed by atoms with Crippen LogP contribution in [0.25, 0.3) is 0 Å². The van der Waals surface area contributed by atoms with Crippen molar-refractivity contribution in [2.75, 3.05) is 13.1 Å². The van der Waals surface area contributed by atoms with Gasteiger partial charge in [-0.1, -0.05) is 18.2 Å². The second-order valence-corrected chi connectivity index (χ2v) is 3.91. The molecule has 0 bridgehead atoms. The maximum Gasteiger partial charge on any atom is 0.416 e. The Hall–Kier alpha value is -1.76. The van der Waals surface area contributed by atoms with E-state index in [1.54, 1.807) is 0 Å². The number of halogens is 3. The summed E-state index contributed by atoms with van der Waals surface area (Å²) in [4.78, 5) is 11.3. The first-order valence-corrected chi connectivity index (χ1v) is 5.82. The fourth-order valence-corrected chi connectivity index (χ4v) is 1.49. The lowest BCUT2D eigenvalue weighted by molar-refractivity contribution is -0.138. The number of hydrogen-bond donors (Lipinski definition) is 3. The number of benzene rings is 1. The van der Waals surface area contributed by atoms with Crippen LogP contribution in [0.3, 0.4) is 0 Å². The van der Waals surface area contributed by atoms with Gasteiger partial charge in [0.15, 0.2) is 0 Å². The zero-order valence-electron chi connectivity index (χ0n) is 10.3.